The number of carbonyl (C=O) groups excluding carboxylic acids is 2. The van der Waals surface area contributed by atoms with Crippen molar-refractivity contribution in [3.05, 3.63) is 0 Å². The summed E-state index contributed by atoms with van der Waals surface area (Å²) in [5, 5.41) is 0. The highest BCUT2D eigenvalue weighted by atomic mass is 16.5. The van der Waals surface area contributed by atoms with Crippen molar-refractivity contribution >= 4 is 11.8 Å². The number of esters is 1. The van der Waals surface area contributed by atoms with Crippen LogP contribution in [0.2, 0.25) is 0 Å². The second kappa shape index (κ2) is 9.13. The molecule has 0 aromatic rings. The van der Waals surface area contributed by atoms with Gasteiger partial charge in [0.25, 0.3) is 0 Å². The Hall–Kier alpha value is -0.940. The Morgan fingerprint density at radius 1 is 1.18 bits per heavy atom. The Balaban J connectivity index is 4.37. The van der Waals surface area contributed by atoms with Gasteiger partial charge >= 0.3 is 5.97 Å². The van der Waals surface area contributed by atoms with E-state index in [1.54, 1.807) is 25.9 Å². The predicted molar refractivity (Wildman–Crippen MR) is 64.8 cm³/mol. The summed E-state index contributed by atoms with van der Waals surface area (Å²) in [5.41, 5.74) is 0. The number of rotatable bonds is 9. The maximum Gasteiger partial charge on any atom is 0.316 e. The van der Waals surface area contributed by atoms with Crippen molar-refractivity contribution in [2.75, 3.05) is 40.5 Å². The van der Waals surface area contributed by atoms with E-state index in [0.717, 1.165) is 0 Å². The summed E-state index contributed by atoms with van der Waals surface area (Å²) in [4.78, 5) is 25.3. The van der Waals surface area contributed by atoms with Crippen LogP contribution in [0, 0.1) is 5.92 Å². The van der Waals surface area contributed by atoms with Crippen LogP contribution in [0.4, 0.5) is 0 Å². The van der Waals surface area contributed by atoms with Crippen LogP contribution in [-0.4, -0.2) is 57.1 Å². The molecule has 0 aromatic carbocycles. The van der Waals surface area contributed by atoms with E-state index in [1.165, 1.54) is 0 Å². The van der Waals surface area contributed by atoms with E-state index in [2.05, 4.69) is 0 Å². The first-order valence-corrected chi connectivity index (χ1v) is 5.94. The normalized spacial score (nSPS) is 12.5. The minimum atomic E-state index is -0.705. The van der Waals surface area contributed by atoms with E-state index in [1.807, 2.05) is 6.92 Å². The highest BCUT2D eigenvalue weighted by Crippen LogP contribution is 2.09. The topological polar surface area (TPSA) is 55.8 Å². The molecule has 0 aliphatic carbocycles. The molecule has 1 atom stereocenters. The molecule has 0 saturated carbocycles. The van der Waals surface area contributed by atoms with Gasteiger partial charge in [0.2, 0.25) is 0 Å². The van der Waals surface area contributed by atoms with E-state index < -0.39 is 11.9 Å². The first-order valence-electron chi connectivity index (χ1n) is 5.94. The van der Waals surface area contributed by atoms with Gasteiger partial charge in [0.05, 0.1) is 13.2 Å². The monoisotopic (exact) mass is 245 g/mol. The Morgan fingerprint density at radius 2 is 1.82 bits per heavy atom. The fourth-order valence-corrected chi connectivity index (χ4v) is 1.42. The molecular formula is C12H23NO4. The molecule has 0 saturated heterocycles. The number of ketones is 1. The van der Waals surface area contributed by atoms with Crippen LogP contribution in [0.5, 0.6) is 0 Å². The number of likely N-dealkylation sites (N-methyl/N-ethyl adjacent to an activating group) is 1. The van der Waals surface area contributed by atoms with Crippen LogP contribution >= 0.6 is 0 Å². The molecule has 1 unspecified atom stereocenters. The summed E-state index contributed by atoms with van der Waals surface area (Å²) in [6.07, 6.45) is 0.388. The molecule has 0 radical (unpaired) electrons. The van der Waals surface area contributed by atoms with Crippen molar-refractivity contribution in [3.63, 3.8) is 0 Å². The molecule has 0 N–H and O–H groups in total. The standard InChI is InChI=1S/C12H23NO4/c1-5-16-8-7-10(12(15)17-6-2)11(14)9-13(3)4/h10H,5-9H2,1-4H3. The van der Waals surface area contributed by atoms with Crippen molar-refractivity contribution in [2.24, 2.45) is 5.92 Å². The Morgan fingerprint density at radius 3 is 2.29 bits per heavy atom. The van der Waals surface area contributed by atoms with Crippen molar-refractivity contribution < 1.29 is 19.1 Å². The largest absolute Gasteiger partial charge is 0.465 e. The summed E-state index contributed by atoms with van der Waals surface area (Å²) < 4.78 is 10.1. The number of nitrogens with zero attached hydrogens (tertiary/aromatic N) is 1. The number of hydrogen-bond donors (Lipinski definition) is 0. The zero-order chi connectivity index (χ0) is 13.3. The van der Waals surface area contributed by atoms with E-state index >= 15 is 0 Å². The lowest BCUT2D eigenvalue weighted by Crippen LogP contribution is -2.34. The van der Waals surface area contributed by atoms with Gasteiger partial charge in [-0.15, -0.1) is 0 Å². The highest BCUT2D eigenvalue weighted by Gasteiger charge is 2.27. The van der Waals surface area contributed by atoms with Gasteiger partial charge in [0, 0.05) is 13.2 Å². The first kappa shape index (κ1) is 16.1. The molecule has 0 aliphatic rings. The number of ether oxygens (including phenoxy) is 2. The molecule has 0 bridgehead atoms. The molecule has 5 nitrogen and oxygen atoms in total. The third-order valence-electron chi connectivity index (χ3n) is 2.19. The van der Waals surface area contributed by atoms with Crippen LogP contribution in [0.1, 0.15) is 20.3 Å². The van der Waals surface area contributed by atoms with Gasteiger partial charge < -0.3 is 14.4 Å². The Bertz CT molecular complexity index is 241. The number of hydrogen-bond acceptors (Lipinski definition) is 5. The fraction of sp³-hybridized carbons (Fsp3) is 0.833. The minimum absolute atomic E-state index is 0.117. The van der Waals surface area contributed by atoms with Gasteiger partial charge in [0.15, 0.2) is 5.78 Å². The third-order valence-corrected chi connectivity index (χ3v) is 2.19. The predicted octanol–water partition coefficient (Wildman–Crippen LogP) is 0.723. The molecule has 5 heteroatoms. The molecule has 0 fully saturated rings. The second-order valence-corrected chi connectivity index (χ2v) is 3.99. The highest BCUT2D eigenvalue weighted by molar-refractivity contribution is 5.99. The summed E-state index contributed by atoms with van der Waals surface area (Å²) in [5.74, 6) is -1.27. The van der Waals surface area contributed by atoms with Gasteiger partial charge in [0.1, 0.15) is 5.92 Å². The number of carbonyl (C=O) groups is 2. The maximum absolute atomic E-state index is 11.9. The molecule has 0 aliphatic heterocycles. The quantitative estimate of drug-likeness (QED) is 0.340. The summed E-state index contributed by atoms with van der Waals surface area (Å²) >= 11 is 0. The SMILES string of the molecule is CCOCCC(C(=O)CN(C)C)C(=O)OCC. The Labute approximate surface area is 103 Å². The Kier molecular flexibility index (Phi) is 8.62. The lowest BCUT2D eigenvalue weighted by Gasteiger charge is -2.16. The lowest BCUT2D eigenvalue weighted by molar-refractivity contribution is -0.152. The van der Waals surface area contributed by atoms with Crippen LogP contribution in [0.25, 0.3) is 0 Å². The zero-order valence-corrected chi connectivity index (χ0v) is 11.2. The fourth-order valence-electron chi connectivity index (χ4n) is 1.42. The molecule has 17 heavy (non-hydrogen) atoms. The minimum Gasteiger partial charge on any atom is -0.465 e. The molecule has 0 amide bonds. The average Bonchev–Trinajstić information content (AvgIpc) is 2.23. The number of Topliss-reactive ketones (excluding diaryl/α,β-unsaturated/α-hetero) is 1. The molecule has 100 valence electrons. The molecule has 0 aromatic heterocycles. The van der Waals surface area contributed by atoms with Gasteiger partial charge in [-0.3, -0.25) is 9.59 Å². The van der Waals surface area contributed by atoms with Crippen molar-refractivity contribution in [1.82, 2.24) is 4.90 Å². The lowest BCUT2D eigenvalue weighted by atomic mass is 10.0. The van der Waals surface area contributed by atoms with Gasteiger partial charge in [-0.25, -0.2) is 0 Å². The summed E-state index contributed by atoms with van der Waals surface area (Å²) in [7, 11) is 3.59. The van der Waals surface area contributed by atoms with E-state index in [-0.39, 0.29) is 12.3 Å². The second-order valence-electron chi connectivity index (χ2n) is 3.99. The zero-order valence-electron chi connectivity index (χ0n) is 11.2. The third kappa shape index (κ3) is 7.07. The molecule has 0 rings (SSSR count). The summed E-state index contributed by atoms with van der Waals surface area (Å²) in [6.45, 7) is 5.13. The van der Waals surface area contributed by atoms with Crippen molar-refractivity contribution in [2.45, 2.75) is 20.3 Å². The molecular weight excluding hydrogens is 222 g/mol. The van der Waals surface area contributed by atoms with Gasteiger partial charge in [-0.05, 0) is 34.4 Å². The van der Waals surface area contributed by atoms with Crippen LogP contribution in [0.15, 0.2) is 0 Å². The van der Waals surface area contributed by atoms with Crippen LogP contribution in [0.3, 0.4) is 0 Å². The summed E-state index contributed by atoms with van der Waals surface area (Å²) in [6, 6.07) is 0. The van der Waals surface area contributed by atoms with Crippen molar-refractivity contribution in [3.8, 4) is 0 Å². The van der Waals surface area contributed by atoms with E-state index in [0.29, 0.717) is 26.2 Å². The van der Waals surface area contributed by atoms with Crippen LogP contribution in [-0.2, 0) is 19.1 Å². The van der Waals surface area contributed by atoms with E-state index in [4.69, 9.17) is 9.47 Å². The van der Waals surface area contributed by atoms with Crippen molar-refractivity contribution in [1.29, 1.82) is 0 Å². The van der Waals surface area contributed by atoms with E-state index in [9.17, 15) is 9.59 Å². The van der Waals surface area contributed by atoms with Crippen LogP contribution < -0.4 is 0 Å². The smallest absolute Gasteiger partial charge is 0.316 e. The molecule has 0 spiro atoms. The maximum atomic E-state index is 11.9. The van der Waals surface area contributed by atoms with Gasteiger partial charge in [-0.1, -0.05) is 0 Å². The average molecular weight is 245 g/mol. The van der Waals surface area contributed by atoms with Gasteiger partial charge in [-0.2, -0.15) is 0 Å². The first-order chi connectivity index (χ1) is 8.02. The molecule has 0 heterocycles.